The number of hydrogen-bond acceptors (Lipinski definition) is 2. The van der Waals surface area contributed by atoms with Crippen LogP contribution in [0.1, 0.15) is 15.9 Å². The summed E-state index contributed by atoms with van der Waals surface area (Å²) in [5, 5.41) is 9.96. The minimum atomic E-state index is -4.76. The van der Waals surface area contributed by atoms with Crippen LogP contribution in [0.25, 0.3) is 0 Å². The van der Waals surface area contributed by atoms with Crippen molar-refractivity contribution in [2.75, 3.05) is 7.05 Å². The summed E-state index contributed by atoms with van der Waals surface area (Å²) in [6.07, 6.45) is -4.09. The molecule has 0 aromatic heterocycles. The van der Waals surface area contributed by atoms with E-state index in [0.29, 0.717) is 0 Å². The van der Waals surface area contributed by atoms with Crippen molar-refractivity contribution in [3.63, 3.8) is 0 Å². The van der Waals surface area contributed by atoms with Crippen LogP contribution in [-0.2, 0) is 5.72 Å². The SMILES string of the molecule is CN1C(=O)c2ccccc2C1(O)C(F)(F)C(F)F. The number of rotatable bonds is 2. The Hall–Kier alpha value is -1.63. The number of carbonyl (C=O) groups is 1. The van der Waals surface area contributed by atoms with Crippen LogP contribution in [0.2, 0.25) is 0 Å². The largest absolute Gasteiger partial charge is 0.362 e. The summed E-state index contributed by atoms with van der Waals surface area (Å²) in [6, 6.07) is 4.93. The molecule has 1 atom stereocenters. The number of benzene rings is 1. The zero-order chi connectivity index (χ0) is 13.7. The molecule has 3 nitrogen and oxygen atoms in total. The predicted octanol–water partition coefficient (Wildman–Crippen LogP) is 1.82. The molecular weight excluding hydrogens is 254 g/mol. The summed E-state index contributed by atoms with van der Waals surface area (Å²) in [6.45, 7) is 0. The van der Waals surface area contributed by atoms with Gasteiger partial charge in [0.15, 0.2) is 0 Å². The third kappa shape index (κ3) is 1.30. The lowest BCUT2D eigenvalue weighted by atomic mass is 9.95. The summed E-state index contributed by atoms with van der Waals surface area (Å²) in [5.41, 5.74) is -4.04. The first kappa shape index (κ1) is 12.8. The molecule has 0 saturated carbocycles. The molecule has 7 heteroatoms. The Morgan fingerprint density at radius 1 is 1.33 bits per heavy atom. The summed E-state index contributed by atoms with van der Waals surface area (Å²) in [4.78, 5) is 11.9. The first-order valence-electron chi connectivity index (χ1n) is 5.00. The topological polar surface area (TPSA) is 40.5 Å². The molecule has 2 rings (SSSR count). The van der Waals surface area contributed by atoms with Crippen molar-refractivity contribution >= 4 is 5.91 Å². The zero-order valence-electron chi connectivity index (χ0n) is 9.20. The molecule has 0 spiro atoms. The molecule has 1 aromatic rings. The maximum atomic E-state index is 13.5. The van der Waals surface area contributed by atoms with Crippen LogP contribution in [0.15, 0.2) is 24.3 Å². The van der Waals surface area contributed by atoms with Crippen molar-refractivity contribution in [2.24, 2.45) is 0 Å². The first-order valence-corrected chi connectivity index (χ1v) is 5.00. The van der Waals surface area contributed by atoms with E-state index in [-0.39, 0.29) is 10.5 Å². The summed E-state index contributed by atoms with van der Waals surface area (Å²) in [7, 11) is 0.860. The van der Waals surface area contributed by atoms with Gasteiger partial charge in [-0.3, -0.25) is 4.79 Å². The van der Waals surface area contributed by atoms with E-state index < -0.39 is 29.5 Å². The Morgan fingerprint density at radius 3 is 2.44 bits per heavy atom. The van der Waals surface area contributed by atoms with Gasteiger partial charge in [-0.25, -0.2) is 8.78 Å². The minimum absolute atomic E-state index is 0.206. The number of carbonyl (C=O) groups excluding carboxylic acids is 1. The molecule has 1 aliphatic heterocycles. The van der Waals surface area contributed by atoms with Crippen molar-refractivity contribution in [1.82, 2.24) is 4.90 Å². The van der Waals surface area contributed by atoms with E-state index >= 15 is 0 Å². The van der Waals surface area contributed by atoms with Gasteiger partial charge in [-0.05, 0) is 6.07 Å². The summed E-state index contributed by atoms with van der Waals surface area (Å²) >= 11 is 0. The molecule has 18 heavy (non-hydrogen) atoms. The molecule has 1 aliphatic rings. The molecule has 0 radical (unpaired) electrons. The van der Waals surface area contributed by atoms with Crippen molar-refractivity contribution in [3.05, 3.63) is 35.4 Å². The van der Waals surface area contributed by atoms with Gasteiger partial charge in [0.1, 0.15) is 0 Å². The second-order valence-corrected chi connectivity index (χ2v) is 4.01. The number of amides is 1. The highest BCUT2D eigenvalue weighted by molar-refractivity contribution is 5.99. The molecule has 0 aliphatic carbocycles. The Bertz CT molecular complexity index is 506. The average Bonchev–Trinajstić information content (AvgIpc) is 2.53. The second kappa shape index (κ2) is 3.68. The fraction of sp³-hybridized carbons (Fsp3) is 0.364. The number of nitrogens with zero attached hydrogens (tertiary/aromatic N) is 1. The highest BCUT2D eigenvalue weighted by Crippen LogP contribution is 2.48. The molecular formula is C11H9F4NO2. The normalized spacial score (nSPS) is 23.7. The minimum Gasteiger partial charge on any atom is -0.362 e. The molecule has 98 valence electrons. The second-order valence-electron chi connectivity index (χ2n) is 4.01. The highest BCUT2D eigenvalue weighted by Gasteiger charge is 2.67. The standard InChI is InChI=1S/C11H9F4NO2/c1-16-8(17)6-4-2-3-5-7(6)11(16,18)10(14,15)9(12)13/h2-5,9,18H,1H3. The van der Waals surface area contributed by atoms with Crippen LogP contribution in [0, 0.1) is 0 Å². The third-order valence-corrected chi connectivity index (χ3v) is 3.06. The van der Waals surface area contributed by atoms with Crippen LogP contribution in [0.4, 0.5) is 17.6 Å². The fourth-order valence-electron chi connectivity index (χ4n) is 2.04. The van der Waals surface area contributed by atoms with Crippen molar-refractivity contribution in [3.8, 4) is 0 Å². The molecule has 0 saturated heterocycles. The maximum Gasteiger partial charge on any atom is 0.358 e. The molecule has 1 heterocycles. The van der Waals surface area contributed by atoms with Gasteiger partial charge in [0.2, 0.25) is 5.72 Å². The van der Waals surface area contributed by atoms with Crippen molar-refractivity contribution in [2.45, 2.75) is 18.1 Å². The van der Waals surface area contributed by atoms with Crippen molar-refractivity contribution < 1.29 is 27.5 Å². The lowest BCUT2D eigenvalue weighted by molar-refractivity contribution is -0.287. The molecule has 1 amide bonds. The van der Waals surface area contributed by atoms with E-state index in [4.69, 9.17) is 0 Å². The number of halogens is 4. The van der Waals surface area contributed by atoms with Gasteiger partial charge in [0.05, 0.1) is 0 Å². The van der Waals surface area contributed by atoms with E-state index in [0.717, 1.165) is 13.1 Å². The molecule has 1 aromatic carbocycles. The highest BCUT2D eigenvalue weighted by atomic mass is 19.3. The first-order chi connectivity index (χ1) is 8.24. The summed E-state index contributed by atoms with van der Waals surface area (Å²) in [5.74, 6) is -5.68. The van der Waals surface area contributed by atoms with Gasteiger partial charge in [0.25, 0.3) is 5.91 Å². The lowest BCUT2D eigenvalue weighted by Gasteiger charge is -2.37. The smallest absolute Gasteiger partial charge is 0.358 e. The zero-order valence-corrected chi connectivity index (χ0v) is 9.20. The molecule has 0 fully saturated rings. The van der Waals surface area contributed by atoms with Crippen LogP contribution in [0.5, 0.6) is 0 Å². The maximum absolute atomic E-state index is 13.5. The van der Waals surface area contributed by atoms with Crippen LogP contribution < -0.4 is 0 Å². The van der Waals surface area contributed by atoms with Crippen LogP contribution in [-0.4, -0.2) is 35.3 Å². The van der Waals surface area contributed by atoms with Gasteiger partial charge in [-0.15, -0.1) is 0 Å². The molecule has 1 unspecified atom stereocenters. The quantitative estimate of drug-likeness (QED) is 0.827. The molecule has 1 N–H and O–H groups in total. The van der Waals surface area contributed by atoms with E-state index in [2.05, 4.69) is 0 Å². The van der Waals surface area contributed by atoms with Gasteiger partial charge in [0, 0.05) is 18.2 Å². The monoisotopic (exact) mass is 263 g/mol. The van der Waals surface area contributed by atoms with E-state index in [1.54, 1.807) is 0 Å². The van der Waals surface area contributed by atoms with Gasteiger partial charge >= 0.3 is 12.3 Å². The van der Waals surface area contributed by atoms with Gasteiger partial charge < -0.3 is 10.0 Å². The Labute approximate surface area is 99.6 Å². The van der Waals surface area contributed by atoms with Crippen LogP contribution in [0.3, 0.4) is 0 Å². The van der Waals surface area contributed by atoms with E-state index in [1.807, 2.05) is 0 Å². The van der Waals surface area contributed by atoms with E-state index in [9.17, 15) is 27.5 Å². The number of fused-ring (bicyclic) bond motifs is 1. The molecule has 0 bridgehead atoms. The van der Waals surface area contributed by atoms with Crippen molar-refractivity contribution in [1.29, 1.82) is 0 Å². The number of alkyl halides is 4. The van der Waals surface area contributed by atoms with Crippen LogP contribution >= 0.6 is 0 Å². The average molecular weight is 263 g/mol. The fourth-order valence-corrected chi connectivity index (χ4v) is 2.04. The Morgan fingerprint density at radius 2 is 1.89 bits per heavy atom. The lowest BCUT2D eigenvalue weighted by Crippen LogP contribution is -2.57. The Kier molecular flexibility index (Phi) is 2.62. The predicted molar refractivity (Wildman–Crippen MR) is 53.4 cm³/mol. The number of aliphatic hydroxyl groups is 1. The van der Waals surface area contributed by atoms with Gasteiger partial charge in [-0.2, -0.15) is 8.78 Å². The summed E-state index contributed by atoms with van der Waals surface area (Å²) < 4.78 is 52.0. The van der Waals surface area contributed by atoms with E-state index in [1.165, 1.54) is 18.2 Å². The number of hydrogen-bond donors (Lipinski definition) is 1. The third-order valence-electron chi connectivity index (χ3n) is 3.06. The Balaban J connectivity index is 2.68. The van der Waals surface area contributed by atoms with Gasteiger partial charge in [-0.1, -0.05) is 18.2 Å².